The predicted molar refractivity (Wildman–Crippen MR) is 211 cm³/mol. The number of imidazole rings is 1. The van der Waals surface area contributed by atoms with Crippen molar-refractivity contribution < 1.29 is 85.5 Å². The van der Waals surface area contributed by atoms with Gasteiger partial charge in [0.15, 0.2) is 0 Å². The summed E-state index contributed by atoms with van der Waals surface area (Å²) in [6, 6.07) is 66.3. The van der Waals surface area contributed by atoms with Gasteiger partial charge in [-0.05, 0) is 40.9 Å². The Morgan fingerprint density at radius 1 is 0.574 bits per heavy atom. The van der Waals surface area contributed by atoms with Crippen molar-refractivity contribution in [3.63, 3.8) is 0 Å². The largest absolute Gasteiger partial charge is 3.00 e. The Labute approximate surface area is 387 Å². The van der Waals surface area contributed by atoms with E-state index in [1.807, 2.05) is 115 Å². The van der Waals surface area contributed by atoms with Crippen molar-refractivity contribution in [1.29, 1.82) is 0 Å². The molecule has 0 aliphatic carbocycles. The quantitative estimate of drug-likeness (QED) is 0.127. The van der Waals surface area contributed by atoms with Gasteiger partial charge in [0.25, 0.3) is 0 Å². The van der Waals surface area contributed by atoms with Crippen LogP contribution in [0.2, 0.25) is 0 Å². The first-order valence-electron chi connectivity index (χ1n) is 16.3. The molecule has 6 aromatic carbocycles. The zero-order valence-corrected chi connectivity index (χ0v) is 38.8. The first kappa shape index (κ1) is 47.0. The third-order valence-electron chi connectivity index (χ3n) is 8.16. The molecule has 0 N–H and O–H groups in total. The van der Waals surface area contributed by atoms with E-state index in [0.717, 1.165) is 61.6 Å². The molecule has 0 amide bonds. The Morgan fingerprint density at radius 2 is 1.15 bits per heavy atom. The van der Waals surface area contributed by atoms with Crippen LogP contribution in [0, 0.1) is 43.8 Å². The van der Waals surface area contributed by atoms with Gasteiger partial charge in [-0.2, -0.15) is 17.7 Å². The zero-order chi connectivity index (χ0) is 33.6. The van der Waals surface area contributed by atoms with E-state index >= 15 is 0 Å². The second-order valence-corrected chi connectivity index (χ2v) is 12.6. The topological polar surface area (TPSA) is 30.7 Å². The maximum Gasteiger partial charge on any atom is 3.00 e. The molecule has 7 heteroatoms. The van der Waals surface area contributed by atoms with Crippen LogP contribution in [0.3, 0.4) is 0 Å². The number of pyridine rings is 1. The number of nitrogens with zero attached hydrogens (tertiary/aromatic N) is 3. The molecular weight excluding hydrogens is 987 g/mol. The molecule has 0 unspecified atom stereocenters. The summed E-state index contributed by atoms with van der Waals surface area (Å²) in [5.41, 5.74) is 11.0. The van der Waals surface area contributed by atoms with E-state index in [1.54, 1.807) is 0 Å². The maximum atomic E-state index is 4.94. The average Bonchev–Trinajstić information content (AvgIpc) is 3.56. The second kappa shape index (κ2) is 21.8. The monoisotopic (exact) mass is 1020 g/mol. The molecule has 0 fully saturated rings. The Bertz CT molecular complexity index is 2310. The molecule has 0 aliphatic rings. The van der Waals surface area contributed by atoms with Crippen LogP contribution in [-0.2, 0) is 90.9 Å². The molecule has 0 spiro atoms. The van der Waals surface area contributed by atoms with E-state index in [-0.39, 0.29) is 107 Å². The fourth-order valence-corrected chi connectivity index (χ4v) is 5.55. The number of benzene rings is 6. The van der Waals surface area contributed by atoms with Crippen molar-refractivity contribution >= 4 is 19.4 Å². The molecule has 8 aromatic rings. The summed E-state index contributed by atoms with van der Waals surface area (Å²) in [6.07, 6.45) is 1.95. The van der Waals surface area contributed by atoms with Gasteiger partial charge in [0.05, 0.1) is 11.0 Å². The minimum absolute atomic E-state index is 0. The van der Waals surface area contributed by atoms with Gasteiger partial charge in [0.1, 0.15) is 0 Å². The molecular formula is C47H36BIrN3Y2-4. The molecule has 0 bridgehead atoms. The average molecular weight is 1020 g/mol. The summed E-state index contributed by atoms with van der Waals surface area (Å²) in [7, 11) is 0. The number of rotatable bonds is 5. The van der Waals surface area contributed by atoms with Crippen molar-refractivity contribution in [3.8, 4) is 50.6 Å². The molecule has 3 nitrogen and oxygen atoms in total. The number of hydrogen-bond donors (Lipinski definition) is 0. The summed E-state index contributed by atoms with van der Waals surface area (Å²) in [4.78, 5) is 9.42. The number of hydrogen-bond acceptors (Lipinski definition) is 2. The van der Waals surface area contributed by atoms with Crippen LogP contribution in [-0.4, -0.2) is 22.9 Å². The first-order valence-corrected chi connectivity index (χ1v) is 16.3. The summed E-state index contributed by atoms with van der Waals surface area (Å²) in [5, 5.41) is 0. The zero-order valence-electron chi connectivity index (χ0n) is 30.8. The molecule has 5 radical (unpaired) electrons. The molecule has 261 valence electrons. The Morgan fingerprint density at radius 3 is 1.74 bits per heavy atom. The van der Waals surface area contributed by atoms with Crippen LogP contribution < -0.4 is 0 Å². The van der Waals surface area contributed by atoms with Crippen molar-refractivity contribution in [2.75, 3.05) is 0 Å². The molecule has 2 aromatic heterocycles. The SMILES string of the molecule is CC(C)(C)c1ccc(-c2[c-]cccc2)nc1.[B].[CH3-].[Ir].[Y+3].[Y].[c-]1ccc(-c2[c-]c(-c3nc4ccccc4n3-c3ccccc3)[c-]cc2)[c-]c1-c1[c-]cccc1. The minimum Gasteiger partial charge on any atom is -0.408 e. The van der Waals surface area contributed by atoms with E-state index in [9.17, 15) is 0 Å². The fraction of sp³-hybridized carbons (Fsp3) is 0.0851. The van der Waals surface area contributed by atoms with E-state index < -0.39 is 0 Å². The molecule has 0 saturated carbocycles. The first-order chi connectivity index (χ1) is 23.9. The van der Waals surface area contributed by atoms with E-state index in [4.69, 9.17) is 4.98 Å². The molecule has 8 rings (SSSR count). The third kappa shape index (κ3) is 11.2. The molecule has 0 atom stereocenters. The third-order valence-corrected chi connectivity index (χ3v) is 8.16. The summed E-state index contributed by atoms with van der Waals surface area (Å²) in [6.45, 7) is 6.58. The Balaban J connectivity index is 0.000000414. The van der Waals surface area contributed by atoms with Crippen LogP contribution in [0.1, 0.15) is 26.3 Å². The molecule has 0 aliphatic heterocycles. The summed E-state index contributed by atoms with van der Waals surface area (Å²) < 4.78 is 2.16. The van der Waals surface area contributed by atoms with E-state index in [1.165, 1.54) is 5.56 Å². The molecule has 0 saturated heterocycles. The van der Waals surface area contributed by atoms with Crippen LogP contribution in [0.4, 0.5) is 0 Å². The predicted octanol–water partition coefficient (Wildman–Crippen LogP) is 10.9. The van der Waals surface area contributed by atoms with E-state index in [0.29, 0.717) is 0 Å². The smallest absolute Gasteiger partial charge is 0.408 e. The van der Waals surface area contributed by atoms with Gasteiger partial charge >= 0.3 is 32.7 Å². The summed E-state index contributed by atoms with van der Waals surface area (Å²) in [5.74, 6) is 0.809. The Hall–Kier alpha value is -3.14. The van der Waals surface area contributed by atoms with Gasteiger partial charge in [-0.1, -0.05) is 63.2 Å². The van der Waals surface area contributed by atoms with Gasteiger partial charge in [-0.3, -0.25) is 17.7 Å². The van der Waals surface area contributed by atoms with Crippen molar-refractivity contribution in [2.45, 2.75) is 26.2 Å². The minimum atomic E-state index is 0. The maximum absolute atomic E-state index is 4.94. The van der Waals surface area contributed by atoms with Crippen LogP contribution >= 0.6 is 0 Å². The fourth-order valence-electron chi connectivity index (χ4n) is 5.55. The van der Waals surface area contributed by atoms with Crippen molar-refractivity contribution in [2.24, 2.45) is 0 Å². The normalized spacial score (nSPS) is 10.1. The van der Waals surface area contributed by atoms with Gasteiger partial charge in [-0.15, -0.1) is 42.0 Å². The Kier molecular flexibility index (Phi) is 19.0. The van der Waals surface area contributed by atoms with E-state index in [2.05, 4.69) is 97.1 Å². The number of para-hydroxylation sites is 3. The van der Waals surface area contributed by atoms with Crippen LogP contribution in [0.15, 0.2) is 146 Å². The van der Waals surface area contributed by atoms with Crippen LogP contribution in [0.5, 0.6) is 0 Å². The number of fused-ring (bicyclic) bond motifs is 1. The molecule has 2 heterocycles. The van der Waals surface area contributed by atoms with Crippen molar-refractivity contribution in [1.82, 2.24) is 14.5 Å². The van der Waals surface area contributed by atoms with Gasteiger partial charge in [0.2, 0.25) is 0 Å². The molecule has 54 heavy (non-hydrogen) atoms. The van der Waals surface area contributed by atoms with Crippen LogP contribution in [0.25, 0.3) is 61.6 Å². The summed E-state index contributed by atoms with van der Waals surface area (Å²) >= 11 is 0. The standard InChI is InChI=1S/C31H17N2.C15H16N.CH3.B.Ir.2Y/c1-3-11-23(12-4-1)24-13-9-14-25(21-24)26-15-10-16-27(22-26)31-32-29-19-7-8-20-30(29)33(31)28-17-5-2-6-18-28;1-15(2,3)13-9-10-14(16-11-13)12-7-5-4-6-8-12;;;;;/h1-11,14-15,17-20H;4-7,9-11H,1-3H3;1H3;;;;/q-5;2*-1;;;;+3. The van der Waals surface area contributed by atoms with Crippen molar-refractivity contribution in [3.05, 3.63) is 195 Å². The second-order valence-electron chi connectivity index (χ2n) is 12.6. The van der Waals surface area contributed by atoms with Gasteiger partial charge in [0, 0.05) is 78.9 Å². The number of aromatic nitrogens is 3. The van der Waals surface area contributed by atoms with Gasteiger partial charge < -0.3 is 50.8 Å². The van der Waals surface area contributed by atoms with Gasteiger partial charge in [-0.25, -0.2) is 36.4 Å².